The third-order valence-corrected chi connectivity index (χ3v) is 3.29. The zero-order chi connectivity index (χ0) is 12.9. The quantitative estimate of drug-likeness (QED) is 0.519. The molecule has 2 heteroatoms. The number of ketones is 1. The van der Waals surface area contributed by atoms with Crippen LogP contribution in [0.25, 0.3) is 0 Å². The third-order valence-electron chi connectivity index (χ3n) is 3.29. The number of rotatable bonds is 12. The van der Waals surface area contributed by atoms with E-state index in [4.69, 9.17) is 0 Å². The van der Waals surface area contributed by atoms with Crippen molar-refractivity contribution in [3.8, 4) is 0 Å². The molecule has 0 aliphatic carbocycles. The van der Waals surface area contributed by atoms with Crippen LogP contribution in [0.2, 0.25) is 0 Å². The minimum atomic E-state index is -0.718. The summed E-state index contributed by atoms with van der Waals surface area (Å²) in [5.41, 5.74) is 0. The molecule has 0 aromatic heterocycles. The Balaban J connectivity index is 3.16. The van der Waals surface area contributed by atoms with Crippen LogP contribution in [0.15, 0.2) is 0 Å². The standard InChI is InChI=1S/C15H30O2/c1-3-5-6-7-8-9-10-11-12-13-15(17)14(16)4-2/h14,16H,3-13H2,1-2H3/t14-/m0/s1. The molecule has 0 aromatic rings. The molecule has 0 heterocycles. The van der Waals surface area contributed by atoms with Gasteiger partial charge in [-0.3, -0.25) is 4.79 Å². The molecule has 0 amide bonds. The van der Waals surface area contributed by atoms with Gasteiger partial charge in [0, 0.05) is 6.42 Å². The number of carbonyl (C=O) groups is 1. The Labute approximate surface area is 107 Å². The van der Waals surface area contributed by atoms with Gasteiger partial charge in [-0.15, -0.1) is 0 Å². The minimum absolute atomic E-state index is 0.0236. The molecule has 0 unspecified atom stereocenters. The van der Waals surface area contributed by atoms with E-state index in [-0.39, 0.29) is 5.78 Å². The Morgan fingerprint density at radius 2 is 1.35 bits per heavy atom. The van der Waals surface area contributed by atoms with E-state index in [0.29, 0.717) is 12.8 Å². The predicted octanol–water partition coefficient (Wildman–Crippen LogP) is 4.25. The van der Waals surface area contributed by atoms with E-state index in [0.717, 1.165) is 12.8 Å². The molecule has 2 nitrogen and oxygen atoms in total. The van der Waals surface area contributed by atoms with Crippen molar-refractivity contribution < 1.29 is 9.90 Å². The highest BCUT2D eigenvalue weighted by Crippen LogP contribution is 2.11. The van der Waals surface area contributed by atoms with Crippen molar-refractivity contribution in [1.29, 1.82) is 0 Å². The molecule has 0 aromatic carbocycles. The summed E-state index contributed by atoms with van der Waals surface area (Å²) in [4.78, 5) is 11.3. The van der Waals surface area contributed by atoms with Crippen LogP contribution in [0.3, 0.4) is 0 Å². The van der Waals surface area contributed by atoms with Crippen LogP contribution >= 0.6 is 0 Å². The molecule has 0 aliphatic heterocycles. The molecule has 0 saturated heterocycles. The van der Waals surface area contributed by atoms with E-state index in [1.807, 2.05) is 6.92 Å². The lowest BCUT2D eigenvalue weighted by atomic mass is 10.0. The van der Waals surface area contributed by atoms with Gasteiger partial charge in [-0.05, 0) is 12.8 Å². The summed E-state index contributed by atoms with van der Waals surface area (Å²) in [6, 6.07) is 0. The summed E-state index contributed by atoms with van der Waals surface area (Å²) in [5.74, 6) is 0.0236. The number of unbranched alkanes of at least 4 members (excludes halogenated alkanes) is 8. The lowest BCUT2D eigenvalue weighted by Gasteiger charge is -2.06. The van der Waals surface area contributed by atoms with Crippen molar-refractivity contribution in [2.24, 2.45) is 0 Å². The van der Waals surface area contributed by atoms with Crippen molar-refractivity contribution >= 4 is 5.78 Å². The van der Waals surface area contributed by atoms with E-state index < -0.39 is 6.10 Å². The summed E-state index contributed by atoms with van der Waals surface area (Å²) >= 11 is 0. The largest absolute Gasteiger partial charge is 0.385 e. The van der Waals surface area contributed by atoms with E-state index in [2.05, 4.69) is 6.92 Å². The van der Waals surface area contributed by atoms with Crippen LogP contribution in [0.1, 0.15) is 84.5 Å². The molecule has 0 aliphatic rings. The zero-order valence-electron chi connectivity index (χ0n) is 11.7. The fourth-order valence-corrected chi connectivity index (χ4v) is 2.00. The summed E-state index contributed by atoms with van der Waals surface area (Å²) in [6.45, 7) is 4.08. The Morgan fingerprint density at radius 3 is 1.82 bits per heavy atom. The first-order valence-electron chi connectivity index (χ1n) is 7.43. The second-order valence-electron chi connectivity index (χ2n) is 4.97. The second-order valence-corrected chi connectivity index (χ2v) is 4.97. The first-order valence-corrected chi connectivity index (χ1v) is 7.43. The summed E-state index contributed by atoms with van der Waals surface area (Å²) < 4.78 is 0. The number of carbonyl (C=O) groups excluding carboxylic acids is 1. The number of aliphatic hydroxyl groups excluding tert-OH is 1. The molecular formula is C15H30O2. The second kappa shape index (κ2) is 12.1. The van der Waals surface area contributed by atoms with Gasteiger partial charge in [0.15, 0.2) is 5.78 Å². The Kier molecular flexibility index (Phi) is 11.8. The van der Waals surface area contributed by atoms with Crippen LogP contribution in [-0.4, -0.2) is 17.0 Å². The third kappa shape index (κ3) is 10.5. The smallest absolute Gasteiger partial charge is 0.161 e. The molecule has 0 saturated carbocycles. The first kappa shape index (κ1) is 16.6. The van der Waals surface area contributed by atoms with E-state index in [1.54, 1.807) is 0 Å². The fourth-order valence-electron chi connectivity index (χ4n) is 2.00. The molecule has 1 atom stereocenters. The van der Waals surface area contributed by atoms with Gasteiger partial charge in [-0.25, -0.2) is 0 Å². The minimum Gasteiger partial charge on any atom is -0.385 e. The number of hydrogen-bond acceptors (Lipinski definition) is 2. The van der Waals surface area contributed by atoms with Crippen LogP contribution in [-0.2, 0) is 4.79 Å². The van der Waals surface area contributed by atoms with Crippen molar-refractivity contribution in [1.82, 2.24) is 0 Å². The van der Waals surface area contributed by atoms with Crippen molar-refractivity contribution in [3.63, 3.8) is 0 Å². The highest BCUT2D eigenvalue weighted by atomic mass is 16.3. The molecular weight excluding hydrogens is 212 g/mol. The molecule has 1 N–H and O–H groups in total. The van der Waals surface area contributed by atoms with Gasteiger partial charge in [0.2, 0.25) is 0 Å². The van der Waals surface area contributed by atoms with Gasteiger partial charge in [-0.1, -0.05) is 65.2 Å². The predicted molar refractivity (Wildman–Crippen MR) is 73.1 cm³/mol. The summed E-state index contributed by atoms with van der Waals surface area (Å²) in [7, 11) is 0. The summed E-state index contributed by atoms with van der Waals surface area (Å²) in [6.07, 6.45) is 11.8. The van der Waals surface area contributed by atoms with Gasteiger partial charge in [0.05, 0.1) is 0 Å². The topological polar surface area (TPSA) is 37.3 Å². The maximum atomic E-state index is 11.3. The monoisotopic (exact) mass is 242 g/mol. The number of Topliss-reactive ketones (excluding diaryl/α,β-unsaturated/α-hetero) is 1. The van der Waals surface area contributed by atoms with Gasteiger partial charge in [-0.2, -0.15) is 0 Å². The first-order chi connectivity index (χ1) is 8.22. The lowest BCUT2D eigenvalue weighted by molar-refractivity contribution is -0.127. The normalized spacial score (nSPS) is 12.6. The Morgan fingerprint density at radius 1 is 0.882 bits per heavy atom. The van der Waals surface area contributed by atoms with Gasteiger partial charge in [0.1, 0.15) is 6.10 Å². The average Bonchev–Trinajstić information content (AvgIpc) is 2.35. The SMILES string of the molecule is CCCCCCCCCCCC(=O)[C@@H](O)CC. The molecule has 0 radical (unpaired) electrons. The van der Waals surface area contributed by atoms with Crippen LogP contribution in [0.4, 0.5) is 0 Å². The van der Waals surface area contributed by atoms with Gasteiger partial charge in [0.25, 0.3) is 0 Å². The highest BCUT2D eigenvalue weighted by Gasteiger charge is 2.10. The maximum absolute atomic E-state index is 11.3. The van der Waals surface area contributed by atoms with Gasteiger partial charge >= 0.3 is 0 Å². The maximum Gasteiger partial charge on any atom is 0.161 e. The van der Waals surface area contributed by atoms with Crippen molar-refractivity contribution in [2.45, 2.75) is 90.6 Å². The Bertz CT molecular complexity index is 178. The molecule has 0 bridgehead atoms. The van der Waals surface area contributed by atoms with Crippen LogP contribution < -0.4 is 0 Å². The lowest BCUT2D eigenvalue weighted by Crippen LogP contribution is -2.18. The molecule has 0 fully saturated rings. The van der Waals surface area contributed by atoms with Crippen molar-refractivity contribution in [2.75, 3.05) is 0 Å². The molecule has 0 spiro atoms. The number of hydrogen-bond donors (Lipinski definition) is 1. The number of aliphatic hydroxyl groups is 1. The van der Waals surface area contributed by atoms with Crippen LogP contribution in [0.5, 0.6) is 0 Å². The molecule has 17 heavy (non-hydrogen) atoms. The Hall–Kier alpha value is -0.370. The molecule has 0 rings (SSSR count). The average molecular weight is 242 g/mol. The van der Waals surface area contributed by atoms with E-state index in [1.165, 1.54) is 44.9 Å². The van der Waals surface area contributed by atoms with Gasteiger partial charge < -0.3 is 5.11 Å². The van der Waals surface area contributed by atoms with E-state index in [9.17, 15) is 9.90 Å². The van der Waals surface area contributed by atoms with Crippen LogP contribution in [0, 0.1) is 0 Å². The fraction of sp³-hybridized carbons (Fsp3) is 0.933. The molecule has 102 valence electrons. The zero-order valence-corrected chi connectivity index (χ0v) is 11.7. The van der Waals surface area contributed by atoms with Crippen molar-refractivity contribution in [3.05, 3.63) is 0 Å². The summed E-state index contributed by atoms with van der Waals surface area (Å²) in [5, 5.41) is 9.30. The van der Waals surface area contributed by atoms with E-state index >= 15 is 0 Å². The highest BCUT2D eigenvalue weighted by molar-refractivity contribution is 5.82.